The van der Waals surface area contributed by atoms with E-state index in [9.17, 15) is 4.79 Å². The number of nitrogens with zero attached hydrogens (tertiary/aromatic N) is 2. The highest BCUT2D eigenvalue weighted by Gasteiger charge is 2.15. The van der Waals surface area contributed by atoms with Crippen molar-refractivity contribution in [2.75, 3.05) is 25.6 Å². The molecule has 1 aliphatic rings. The molecule has 5 heteroatoms. The maximum absolute atomic E-state index is 12.3. The largest absolute Gasteiger partial charge is 0.493 e. The van der Waals surface area contributed by atoms with Crippen molar-refractivity contribution in [1.82, 2.24) is 10.3 Å². The van der Waals surface area contributed by atoms with Gasteiger partial charge in [0.25, 0.3) is 5.91 Å². The molecule has 1 aromatic heterocycles. The number of aromatic nitrogens is 1. The van der Waals surface area contributed by atoms with Crippen LogP contribution >= 0.6 is 0 Å². The van der Waals surface area contributed by atoms with Crippen molar-refractivity contribution in [3.63, 3.8) is 0 Å². The van der Waals surface area contributed by atoms with Crippen LogP contribution in [0.1, 0.15) is 21.5 Å². The highest BCUT2D eigenvalue weighted by molar-refractivity contribution is 5.94. The molecule has 114 valence electrons. The van der Waals surface area contributed by atoms with E-state index in [4.69, 9.17) is 4.74 Å². The first kappa shape index (κ1) is 14.4. The van der Waals surface area contributed by atoms with Crippen molar-refractivity contribution in [3.8, 4) is 5.75 Å². The van der Waals surface area contributed by atoms with E-state index in [1.54, 1.807) is 12.3 Å². The molecule has 1 N–H and O–H groups in total. The van der Waals surface area contributed by atoms with E-state index in [2.05, 4.69) is 10.3 Å². The van der Waals surface area contributed by atoms with Gasteiger partial charge in [0.05, 0.1) is 6.61 Å². The summed E-state index contributed by atoms with van der Waals surface area (Å²) in [6.45, 7) is 1.15. The second kappa shape index (κ2) is 6.05. The first-order chi connectivity index (χ1) is 10.6. The van der Waals surface area contributed by atoms with E-state index in [1.165, 1.54) is 0 Å². The molecular weight excluding hydrogens is 278 g/mol. The van der Waals surface area contributed by atoms with Gasteiger partial charge in [0.1, 0.15) is 11.6 Å². The first-order valence-electron chi connectivity index (χ1n) is 7.30. The van der Waals surface area contributed by atoms with E-state index < -0.39 is 0 Å². The van der Waals surface area contributed by atoms with Crippen molar-refractivity contribution in [2.24, 2.45) is 0 Å². The van der Waals surface area contributed by atoms with Crippen LogP contribution in [0, 0.1) is 0 Å². The summed E-state index contributed by atoms with van der Waals surface area (Å²) in [4.78, 5) is 18.6. The maximum atomic E-state index is 12.3. The predicted octanol–water partition coefficient (Wildman–Crippen LogP) is 2.01. The van der Waals surface area contributed by atoms with Crippen LogP contribution in [0.15, 0.2) is 36.5 Å². The Balaban J connectivity index is 1.70. The zero-order chi connectivity index (χ0) is 15.5. The van der Waals surface area contributed by atoms with Gasteiger partial charge in [-0.05, 0) is 29.8 Å². The number of benzene rings is 1. The molecule has 0 saturated heterocycles. The molecule has 0 aliphatic carbocycles. The molecule has 22 heavy (non-hydrogen) atoms. The Morgan fingerprint density at radius 1 is 1.36 bits per heavy atom. The number of hydrogen-bond acceptors (Lipinski definition) is 4. The SMILES string of the molecule is CN(C)c1ncccc1CNC(=O)c1ccc2c(c1)CCO2. The minimum absolute atomic E-state index is 0.0803. The number of anilines is 1. The molecular formula is C17H19N3O2. The van der Waals surface area contributed by atoms with Gasteiger partial charge in [0.15, 0.2) is 0 Å². The van der Waals surface area contributed by atoms with Gasteiger partial charge in [0, 0.05) is 44.4 Å². The minimum atomic E-state index is -0.0803. The Hall–Kier alpha value is -2.56. The van der Waals surface area contributed by atoms with E-state index in [1.807, 2.05) is 43.3 Å². The topological polar surface area (TPSA) is 54.5 Å². The summed E-state index contributed by atoms with van der Waals surface area (Å²) < 4.78 is 5.46. The number of ether oxygens (including phenoxy) is 1. The van der Waals surface area contributed by atoms with Gasteiger partial charge >= 0.3 is 0 Å². The molecule has 0 saturated carbocycles. The number of hydrogen-bond donors (Lipinski definition) is 1. The lowest BCUT2D eigenvalue weighted by Crippen LogP contribution is -2.24. The predicted molar refractivity (Wildman–Crippen MR) is 85.4 cm³/mol. The summed E-state index contributed by atoms with van der Waals surface area (Å²) in [6.07, 6.45) is 2.62. The molecule has 0 radical (unpaired) electrons. The van der Waals surface area contributed by atoms with E-state index in [0.29, 0.717) is 18.7 Å². The van der Waals surface area contributed by atoms with Crippen molar-refractivity contribution < 1.29 is 9.53 Å². The highest BCUT2D eigenvalue weighted by atomic mass is 16.5. The number of carbonyl (C=O) groups is 1. The average Bonchev–Trinajstić information content (AvgIpc) is 3.00. The molecule has 0 unspecified atom stereocenters. The quantitative estimate of drug-likeness (QED) is 0.938. The fourth-order valence-corrected chi connectivity index (χ4v) is 2.58. The van der Waals surface area contributed by atoms with Crippen LogP contribution in [-0.2, 0) is 13.0 Å². The average molecular weight is 297 g/mol. The van der Waals surface area contributed by atoms with Gasteiger partial charge in [-0.15, -0.1) is 0 Å². The van der Waals surface area contributed by atoms with E-state index in [-0.39, 0.29) is 5.91 Å². The summed E-state index contributed by atoms with van der Waals surface area (Å²) in [5.41, 5.74) is 2.76. The lowest BCUT2D eigenvalue weighted by atomic mass is 10.1. The summed E-state index contributed by atoms with van der Waals surface area (Å²) in [5.74, 6) is 1.67. The van der Waals surface area contributed by atoms with Crippen LogP contribution in [0.3, 0.4) is 0 Å². The molecule has 1 amide bonds. The van der Waals surface area contributed by atoms with Crippen LogP contribution in [0.4, 0.5) is 5.82 Å². The summed E-state index contributed by atoms with van der Waals surface area (Å²) in [5, 5.41) is 2.96. The molecule has 1 aromatic carbocycles. The number of pyridine rings is 1. The minimum Gasteiger partial charge on any atom is -0.493 e. The number of carbonyl (C=O) groups excluding carboxylic acids is 1. The second-order valence-corrected chi connectivity index (χ2v) is 5.48. The molecule has 0 spiro atoms. The highest BCUT2D eigenvalue weighted by Crippen LogP contribution is 2.25. The van der Waals surface area contributed by atoms with E-state index >= 15 is 0 Å². The maximum Gasteiger partial charge on any atom is 0.251 e. The standard InChI is InChI=1S/C17H19N3O2/c1-20(2)16-14(4-3-8-18-16)11-19-17(21)13-5-6-15-12(10-13)7-9-22-15/h3-6,8,10H,7,9,11H2,1-2H3,(H,19,21). The number of fused-ring (bicyclic) bond motifs is 1. The molecule has 2 heterocycles. The van der Waals surface area contributed by atoms with Gasteiger partial charge in [-0.2, -0.15) is 0 Å². The monoisotopic (exact) mass is 297 g/mol. The van der Waals surface area contributed by atoms with Crippen LogP contribution < -0.4 is 15.0 Å². The molecule has 5 nitrogen and oxygen atoms in total. The molecule has 0 atom stereocenters. The Morgan fingerprint density at radius 2 is 2.23 bits per heavy atom. The number of nitrogens with one attached hydrogen (secondary N) is 1. The van der Waals surface area contributed by atoms with E-state index in [0.717, 1.165) is 29.1 Å². The Labute approximate surface area is 129 Å². The third kappa shape index (κ3) is 2.88. The third-order valence-electron chi connectivity index (χ3n) is 3.68. The Bertz CT molecular complexity index is 698. The summed E-state index contributed by atoms with van der Waals surface area (Å²) in [6, 6.07) is 9.43. The molecule has 0 fully saturated rings. The van der Waals surface area contributed by atoms with Crippen LogP contribution in [0.5, 0.6) is 5.75 Å². The van der Waals surface area contributed by atoms with Gasteiger partial charge in [-0.3, -0.25) is 4.79 Å². The normalized spacial score (nSPS) is 12.5. The van der Waals surface area contributed by atoms with Crippen LogP contribution in [-0.4, -0.2) is 31.6 Å². The summed E-state index contributed by atoms with van der Waals surface area (Å²) in [7, 11) is 3.88. The third-order valence-corrected chi connectivity index (χ3v) is 3.68. The molecule has 1 aliphatic heterocycles. The Morgan fingerprint density at radius 3 is 3.05 bits per heavy atom. The van der Waals surface area contributed by atoms with Crippen LogP contribution in [0.25, 0.3) is 0 Å². The number of amides is 1. The second-order valence-electron chi connectivity index (χ2n) is 5.48. The van der Waals surface area contributed by atoms with Crippen LogP contribution in [0.2, 0.25) is 0 Å². The number of rotatable bonds is 4. The first-order valence-corrected chi connectivity index (χ1v) is 7.30. The zero-order valence-electron chi connectivity index (χ0n) is 12.8. The summed E-state index contributed by atoms with van der Waals surface area (Å²) >= 11 is 0. The van der Waals surface area contributed by atoms with Crippen molar-refractivity contribution in [3.05, 3.63) is 53.2 Å². The van der Waals surface area contributed by atoms with Crippen molar-refractivity contribution >= 4 is 11.7 Å². The lowest BCUT2D eigenvalue weighted by Gasteiger charge is -2.16. The Kier molecular flexibility index (Phi) is 3.96. The van der Waals surface area contributed by atoms with Gasteiger partial charge in [-0.1, -0.05) is 6.07 Å². The lowest BCUT2D eigenvalue weighted by molar-refractivity contribution is 0.0951. The molecule has 0 bridgehead atoms. The van der Waals surface area contributed by atoms with Gasteiger partial charge in [0.2, 0.25) is 0 Å². The fourth-order valence-electron chi connectivity index (χ4n) is 2.58. The fraction of sp³-hybridized carbons (Fsp3) is 0.294. The van der Waals surface area contributed by atoms with Gasteiger partial charge in [-0.25, -0.2) is 4.98 Å². The van der Waals surface area contributed by atoms with Gasteiger partial charge < -0.3 is 15.0 Å². The van der Waals surface area contributed by atoms with Crippen molar-refractivity contribution in [1.29, 1.82) is 0 Å². The zero-order valence-corrected chi connectivity index (χ0v) is 12.8. The molecule has 3 rings (SSSR count). The van der Waals surface area contributed by atoms with Crippen molar-refractivity contribution in [2.45, 2.75) is 13.0 Å². The molecule has 2 aromatic rings. The smallest absolute Gasteiger partial charge is 0.251 e.